The summed E-state index contributed by atoms with van der Waals surface area (Å²) in [6.07, 6.45) is 0. The van der Waals surface area contributed by atoms with Gasteiger partial charge in [-0.2, -0.15) is 0 Å². The third-order valence-electron chi connectivity index (χ3n) is 4.68. The Balaban J connectivity index is 1.24. The molecule has 1 amide bonds. The van der Waals surface area contributed by atoms with Crippen molar-refractivity contribution in [2.45, 2.75) is 18.6 Å². The van der Waals surface area contributed by atoms with E-state index in [0.717, 1.165) is 40.1 Å². The summed E-state index contributed by atoms with van der Waals surface area (Å²) in [7, 11) is 0. The number of amides is 1. The normalized spacial score (nSPS) is 13.1. The topological polar surface area (TPSA) is 75.9 Å². The van der Waals surface area contributed by atoms with Gasteiger partial charge < -0.3 is 10.2 Å². The van der Waals surface area contributed by atoms with Crippen molar-refractivity contribution >= 4 is 56.0 Å². The van der Waals surface area contributed by atoms with Crippen molar-refractivity contribution in [3.8, 4) is 0 Å². The maximum atomic E-state index is 12.4. The van der Waals surface area contributed by atoms with Crippen LogP contribution in [0, 0.1) is 6.92 Å². The molecule has 0 atom stereocenters. The first-order valence-electron chi connectivity index (χ1n) is 9.23. The molecule has 4 aromatic rings. The fraction of sp³-hybridized carbons (Fsp3) is 0.200. The average Bonchev–Trinajstić information content (AvgIpc) is 3.41. The van der Waals surface area contributed by atoms with Crippen LogP contribution >= 0.6 is 23.1 Å². The van der Waals surface area contributed by atoms with Crippen LogP contribution in [0.4, 0.5) is 16.8 Å². The number of rotatable bonds is 5. The highest BCUT2D eigenvalue weighted by molar-refractivity contribution is 7.99. The van der Waals surface area contributed by atoms with Gasteiger partial charge in [0.2, 0.25) is 11.9 Å². The molecule has 1 aliphatic rings. The van der Waals surface area contributed by atoms with E-state index in [9.17, 15) is 4.79 Å². The molecule has 1 aliphatic heterocycles. The monoisotopic (exact) mass is 422 g/mol. The van der Waals surface area contributed by atoms with E-state index >= 15 is 0 Å². The Kier molecular flexibility index (Phi) is 4.69. The SMILES string of the molecule is Cc1ccc2nc(NC(=O)CSc3nnc4n3CCN4c3ccccc3)sc2c1. The molecule has 2 aromatic heterocycles. The summed E-state index contributed by atoms with van der Waals surface area (Å²) in [6, 6.07) is 16.2. The van der Waals surface area contributed by atoms with Gasteiger partial charge in [-0.1, -0.05) is 47.4 Å². The smallest absolute Gasteiger partial charge is 0.236 e. The second-order valence-corrected chi connectivity index (χ2v) is 8.72. The fourth-order valence-corrected chi connectivity index (χ4v) is 5.05. The number of thioether (sulfide) groups is 1. The number of fused-ring (bicyclic) bond motifs is 2. The number of carbonyl (C=O) groups is 1. The van der Waals surface area contributed by atoms with E-state index in [1.807, 2.05) is 37.3 Å². The molecule has 3 heterocycles. The summed E-state index contributed by atoms with van der Waals surface area (Å²) >= 11 is 2.88. The number of aromatic nitrogens is 4. The van der Waals surface area contributed by atoms with E-state index < -0.39 is 0 Å². The van der Waals surface area contributed by atoms with Crippen molar-refractivity contribution in [3.05, 3.63) is 54.1 Å². The lowest BCUT2D eigenvalue weighted by atomic mass is 10.2. The van der Waals surface area contributed by atoms with E-state index in [1.54, 1.807) is 0 Å². The number of benzene rings is 2. The zero-order valence-electron chi connectivity index (χ0n) is 15.7. The molecule has 2 aromatic carbocycles. The largest absolute Gasteiger partial charge is 0.309 e. The number of nitrogens with zero attached hydrogens (tertiary/aromatic N) is 5. The number of thiazole rings is 1. The number of hydrogen-bond acceptors (Lipinski definition) is 7. The summed E-state index contributed by atoms with van der Waals surface area (Å²) in [6.45, 7) is 3.70. The second-order valence-electron chi connectivity index (χ2n) is 6.75. The molecule has 146 valence electrons. The molecule has 29 heavy (non-hydrogen) atoms. The van der Waals surface area contributed by atoms with Gasteiger partial charge in [-0.05, 0) is 36.8 Å². The maximum absolute atomic E-state index is 12.4. The minimum atomic E-state index is -0.0963. The average molecular weight is 423 g/mol. The summed E-state index contributed by atoms with van der Waals surface area (Å²) in [5, 5.41) is 12.9. The predicted octanol–water partition coefficient (Wildman–Crippen LogP) is 4.08. The summed E-state index contributed by atoms with van der Waals surface area (Å²) in [5.41, 5.74) is 3.18. The van der Waals surface area contributed by atoms with Crippen LogP contribution in [0.5, 0.6) is 0 Å². The molecule has 0 aliphatic carbocycles. The zero-order valence-corrected chi connectivity index (χ0v) is 17.3. The number of carbonyl (C=O) groups excluding carboxylic acids is 1. The van der Waals surface area contributed by atoms with Crippen LogP contribution < -0.4 is 10.2 Å². The molecule has 9 heteroatoms. The number of aryl methyl sites for hydroxylation is 1. The quantitative estimate of drug-likeness (QED) is 0.489. The van der Waals surface area contributed by atoms with E-state index in [4.69, 9.17) is 0 Å². The van der Waals surface area contributed by atoms with Gasteiger partial charge in [0.1, 0.15) is 0 Å². The Labute approximate surface area is 175 Å². The highest BCUT2D eigenvalue weighted by Crippen LogP contribution is 2.32. The third kappa shape index (κ3) is 3.58. The highest BCUT2D eigenvalue weighted by Gasteiger charge is 2.26. The van der Waals surface area contributed by atoms with Crippen LogP contribution in [-0.4, -0.2) is 38.0 Å². The summed E-state index contributed by atoms with van der Waals surface area (Å²) in [4.78, 5) is 19.0. The van der Waals surface area contributed by atoms with Crippen molar-refractivity contribution in [3.63, 3.8) is 0 Å². The third-order valence-corrected chi connectivity index (χ3v) is 6.58. The Morgan fingerprint density at radius 1 is 1.17 bits per heavy atom. The first-order chi connectivity index (χ1) is 14.2. The van der Waals surface area contributed by atoms with Crippen molar-refractivity contribution < 1.29 is 4.79 Å². The Hall–Kier alpha value is -2.91. The van der Waals surface area contributed by atoms with Gasteiger partial charge in [-0.15, -0.1) is 10.2 Å². The Morgan fingerprint density at radius 2 is 2.03 bits per heavy atom. The van der Waals surface area contributed by atoms with E-state index in [0.29, 0.717) is 5.13 Å². The molecule has 0 saturated heterocycles. The van der Waals surface area contributed by atoms with Crippen LogP contribution in [0.25, 0.3) is 10.2 Å². The zero-order chi connectivity index (χ0) is 19.8. The molecule has 0 radical (unpaired) electrons. The molecule has 0 unspecified atom stereocenters. The van der Waals surface area contributed by atoms with Gasteiger partial charge in [-0.25, -0.2) is 4.98 Å². The lowest BCUT2D eigenvalue weighted by Gasteiger charge is -2.14. The van der Waals surface area contributed by atoms with Crippen LogP contribution in [0.3, 0.4) is 0 Å². The molecular formula is C20H18N6OS2. The van der Waals surface area contributed by atoms with Crippen LogP contribution in [0.1, 0.15) is 5.56 Å². The molecule has 0 fully saturated rings. The van der Waals surface area contributed by atoms with E-state index in [-0.39, 0.29) is 11.7 Å². The van der Waals surface area contributed by atoms with Gasteiger partial charge in [0.05, 0.1) is 16.0 Å². The number of anilines is 3. The van der Waals surface area contributed by atoms with Gasteiger partial charge >= 0.3 is 0 Å². The first-order valence-corrected chi connectivity index (χ1v) is 11.0. The maximum Gasteiger partial charge on any atom is 0.236 e. The number of nitrogens with one attached hydrogen (secondary N) is 1. The number of hydrogen-bond donors (Lipinski definition) is 1. The van der Waals surface area contributed by atoms with Crippen molar-refractivity contribution in [2.75, 3.05) is 22.5 Å². The Bertz CT molecular complexity index is 1190. The van der Waals surface area contributed by atoms with E-state index in [2.05, 4.69) is 48.2 Å². The molecule has 7 nitrogen and oxygen atoms in total. The minimum Gasteiger partial charge on any atom is -0.309 e. The fourth-order valence-electron chi connectivity index (χ4n) is 3.31. The summed E-state index contributed by atoms with van der Waals surface area (Å²) in [5.74, 6) is 0.986. The van der Waals surface area contributed by atoms with E-state index in [1.165, 1.54) is 28.7 Å². The standard InChI is InChI=1S/C20H18N6OS2/c1-13-7-8-15-16(11-13)29-18(21-15)22-17(27)12-28-20-24-23-19-25(9-10-26(19)20)14-5-3-2-4-6-14/h2-8,11H,9-10,12H2,1H3,(H,21,22,27). The minimum absolute atomic E-state index is 0.0963. The lowest BCUT2D eigenvalue weighted by Crippen LogP contribution is -2.14. The second kappa shape index (κ2) is 7.49. The molecule has 0 bridgehead atoms. The van der Waals surface area contributed by atoms with Crippen molar-refractivity contribution in [2.24, 2.45) is 0 Å². The molecular weight excluding hydrogens is 404 g/mol. The van der Waals surface area contributed by atoms with Crippen molar-refractivity contribution in [1.29, 1.82) is 0 Å². The van der Waals surface area contributed by atoms with Crippen LogP contribution in [-0.2, 0) is 11.3 Å². The van der Waals surface area contributed by atoms with Crippen LogP contribution in [0.2, 0.25) is 0 Å². The van der Waals surface area contributed by atoms with Crippen molar-refractivity contribution in [1.82, 2.24) is 19.7 Å². The van der Waals surface area contributed by atoms with Gasteiger partial charge in [0.15, 0.2) is 10.3 Å². The molecule has 0 saturated carbocycles. The molecule has 0 spiro atoms. The molecule has 5 rings (SSSR count). The van der Waals surface area contributed by atoms with Gasteiger partial charge in [0, 0.05) is 18.8 Å². The van der Waals surface area contributed by atoms with Gasteiger partial charge in [-0.3, -0.25) is 9.36 Å². The Morgan fingerprint density at radius 3 is 2.90 bits per heavy atom. The molecule has 1 N–H and O–H groups in total. The lowest BCUT2D eigenvalue weighted by molar-refractivity contribution is -0.113. The van der Waals surface area contributed by atoms with Crippen LogP contribution in [0.15, 0.2) is 53.7 Å². The number of para-hydroxylation sites is 1. The highest BCUT2D eigenvalue weighted by atomic mass is 32.2. The summed E-state index contributed by atoms with van der Waals surface area (Å²) < 4.78 is 3.13. The predicted molar refractivity (Wildman–Crippen MR) is 117 cm³/mol. The van der Waals surface area contributed by atoms with Gasteiger partial charge in [0.25, 0.3) is 0 Å². The first kappa shape index (κ1) is 18.1.